The molecule has 5 heteroatoms. The quantitative estimate of drug-likeness (QED) is 0.877. The summed E-state index contributed by atoms with van der Waals surface area (Å²) in [5.41, 5.74) is 0.262. The Morgan fingerprint density at radius 2 is 2.24 bits per heavy atom. The second-order valence-corrected chi connectivity index (χ2v) is 5.14. The third kappa shape index (κ3) is 4.99. The minimum absolute atomic E-state index is 0.360. The van der Waals surface area contributed by atoms with Gasteiger partial charge in [0.15, 0.2) is 0 Å². The first-order valence-electron chi connectivity index (χ1n) is 5.72. The van der Waals surface area contributed by atoms with E-state index in [1.807, 2.05) is 20.8 Å². The number of hydrogen-bond acceptors (Lipinski definition) is 4. The van der Waals surface area contributed by atoms with Crippen LogP contribution in [0.15, 0.2) is 12.5 Å². The van der Waals surface area contributed by atoms with Crippen molar-refractivity contribution in [3.63, 3.8) is 0 Å². The van der Waals surface area contributed by atoms with Crippen LogP contribution in [0, 0.1) is 0 Å². The lowest BCUT2D eigenvalue weighted by molar-refractivity contribution is 0.0536. The SMILES string of the molecule is C[C@H](O)CCc1cn(C(=O)OC(C)(C)C)cn1. The highest BCUT2D eigenvalue weighted by Gasteiger charge is 2.17. The normalized spacial score (nSPS) is 13.5. The molecule has 0 amide bonds. The molecule has 0 unspecified atom stereocenters. The summed E-state index contributed by atoms with van der Waals surface area (Å²) in [7, 11) is 0. The summed E-state index contributed by atoms with van der Waals surface area (Å²) in [4.78, 5) is 15.8. The van der Waals surface area contributed by atoms with Gasteiger partial charge in [0.1, 0.15) is 11.9 Å². The molecule has 0 aliphatic rings. The highest BCUT2D eigenvalue weighted by atomic mass is 16.6. The highest BCUT2D eigenvalue weighted by molar-refractivity contribution is 5.70. The maximum atomic E-state index is 11.7. The van der Waals surface area contributed by atoms with Gasteiger partial charge in [-0.25, -0.2) is 14.3 Å². The largest absolute Gasteiger partial charge is 0.443 e. The Bertz CT molecular complexity index is 377. The second kappa shape index (κ2) is 5.31. The zero-order valence-electron chi connectivity index (χ0n) is 10.8. The maximum absolute atomic E-state index is 11.7. The van der Waals surface area contributed by atoms with Gasteiger partial charge in [0.2, 0.25) is 0 Å². The first kappa shape index (κ1) is 13.7. The van der Waals surface area contributed by atoms with Crippen molar-refractivity contribution < 1.29 is 14.6 Å². The van der Waals surface area contributed by atoms with Gasteiger partial charge in [0.25, 0.3) is 0 Å². The molecule has 1 heterocycles. The summed E-state index contributed by atoms with van der Waals surface area (Å²) in [5.74, 6) is 0. The molecule has 1 atom stereocenters. The molecule has 0 spiro atoms. The number of aromatic nitrogens is 2. The van der Waals surface area contributed by atoms with Crippen molar-refractivity contribution in [3.05, 3.63) is 18.2 Å². The van der Waals surface area contributed by atoms with E-state index in [0.717, 1.165) is 5.69 Å². The zero-order valence-corrected chi connectivity index (χ0v) is 10.8. The Morgan fingerprint density at radius 1 is 1.59 bits per heavy atom. The molecule has 1 aromatic heterocycles. The van der Waals surface area contributed by atoms with Crippen LogP contribution in [0.3, 0.4) is 0 Å². The summed E-state index contributed by atoms with van der Waals surface area (Å²) in [5, 5.41) is 9.16. The molecule has 0 aromatic carbocycles. The van der Waals surface area contributed by atoms with Crippen LogP contribution >= 0.6 is 0 Å². The molecular weight excluding hydrogens is 220 g/mol. The van der Waals surface area contributed by atoms with Crippen molar-refractivity contribution >= 4 is 6.09 Å². The number of aryl methyl sites for hydroxylation is 1. The van der Waals surface area contributed by atoms with Gasteiger partial charge in [0, 0.05) is 6.20 Å². The maximum Gasteiger partial charge on any atom is 0.419 e. The number of hydrogen-bond donors (Lipinski definition) is 1. The number of carbonyl (C=O) groups excluding carboxylic acids is 1. The fourth-order valence-electron chi connectivity index (χ4n) is 1.26. The lowest BCUT2D eigenvalue weighted by Crippen LogP contribution is -2.26. The monoisotopic (exact) mass is 240 g/mol. The van der Waals surface area contributed by atoms with E-state index < -0.39 is 11.7 Å². The number of imidazole rings is 1. The smallest absolute Gasteiger partial charge is 0.419 e. The molecule has 0 saturated heterocycles. The van der Waals surface area contributed by atoms with E-state index in [4.69, 9.17) is 9.84 Å². The summed E-state index contributed by atoms with van der Waals surface area (Å²) < 4.78 is 6.52. The van der Waals surface area contributed by atoms with Gasteiger partial charge in [0.05, 0.1) is 11.8 Å². The van der Waals surface area contributed by atoms with Crippen LogP contribution in [-0.4, -0.2) is 32.5 Å². The average Bonchev–Trinajstić information content (AvgIpc) is 2.60. The summed E-state index contributed by atoms with van der Waals surface area (Å²) >= 11 is 0. The molecule has 0 aliphatic heterocycles. The Hall–Kier alpha value is -1.36. The van der Waals surface area contributed by atoms with Crippen molar-refractivity contribution in [2.45, 2.75) is 52.2 Å². The van der Waals surface area contributed by atoms with E-state index in [-0.39, 0.29) is 6.10 Å². The van der Waals surface area contributed by atoms with Crippen LogP contribution in [0.5, 0.6) is 0 Å². The van der Waals surface area contributed by atoms with E-state index in [2.05, 4.69) is 4.98 Å². The fourth-order valence-corrected chi connectivity index (χ4v) is 1.26. The molecule has 1 rings (SSSR count). The second-order valence-electron chi connectivity index (χ2n) is 5.14. The van der Waals surface area contributed by atoms with Crippen LogP contribution in [0.25, 0.3) is 0 Å². The van der Waals surface area contributed by atoms with Gasteiger partial charge in [-0.15, -0.1) is 0 Å². The predicted octanol–water partition coefficient (Wildman–Crippen LogP) is 1.98. The average molecular weight is 240 g/mol. The molecule has 1 aromatic rings. The lowest BCUT2D eigenvalue weighted by Gasteiger charge is -2.19. The number of nitrogens with zero attached hydrogens (tertiary/aromatic N) is 2. The van der Waals surface area contributed by atoms with E-state index in [1.165, 1.54) is 10.9 Å². The zero-order chi connectivity index (χ0) is 13.1. The van der Waals surface area contributed by atoms with Crippen molar-refractivity contribution in [2.75, 3.05) is 0 Å². The molecule has 5 nitrogen and oxygen atoms in total. The van der Waals surface area contributed by atoms with Gasteiger partial charge in [-0.2, -0.15) is 0 Å². The van der Waals surface area contributed by atoms with E-state index in [9.17, 15) is 4.79 Å². The van der Waals surface area contributed by atoms with E-state index >= 15 is 0 Å². The van der Waals surface area contributed by atoms with Crippen LogP contribution < -0.4 is 0 Å². The molecule has 0 aliphatic carbocycles. The molecule has 96 valence electrons. The molecule has 0 saturated carbocycles. The van der Waals surface area contributed by atoms with Gasteiger partial charge < -0.3 is 9.84 Å². The molecule has 0 bridgehead atoms. The number of aliphatic hydroxyl groups is 1. The van der Waals surface area contributed by atoms with Crippen molar-refractivity contribution in [2.24, 2.45) is 0 Å². The molecular formula is C12H20N2O3. The summed E-state index contributed by atoms with van der Waals surface area (Å²) in [6, 6.07) is 0. The minimum Gasteiger partial charge on any atom is -0.443 e. The summed E-state index contributed by atoms with van der Waals surface area (Å²) in [6.45, 7) is 7.17. The summed E-state index contributed by atoms with van der Waals surface area (Å²) in [6.07, 6.45) is 3.55. The van der Waals surface area contributed by atoms with E-state index in [0.29, 0.717) is 12.8 Å². The third-order valence-electron chi connectivity index (χ3n) is 2.06. The number of carbonyl (C=O) groups is 1. The topological polar surface area (TPSA) is 64.4 Å². The Kier molecular flexibility index (Phi) is 4.28. The Morgan fingerprint density at radius 3 is 2.76 bits per heavy atom. The number of ether oxygens (including phenoxy) is 1. The Balaban J connectivity index is 2.58. The Labute approximate surface area is 101 Å². The number of aliphatic hydroxyl groups excluding tert-OH is 1. The molecule has 0 fully saturated rings. The fraction of sp³-hybridized carbons (Fsp3) is 0.667. The van der Waals surface area contributed by atoms with Crippen LogP contribution in [0.2, 0.25) is 0 Å². The van der Waals surface area contributed by atoms with Crippen molar-refractivity contribution in [1.29, 1.82) is 0 Å². The van der Waals surface area contributed by atoms with Crippen LogP contribution in [0.1, 0.15) is 39.8 Å². The van der Waals surface area contributed by atoms with Gasteiger partial charge in [-0.3, -0.25) is 0 Å². The standard InChI is InChI=1S/C12H20N2O3/c1-9(15)5-6-10-7-14(8-13-10)11(16)17-12(2,3)4/h7-9,15H,5-6H2,1-4H3/t9-/m0/s1. The first-order valence-corrected chi connectivity index (χ1v) is 5.72. The minimum atomic E-state index is -0.513. The number of rotatable bonds is 3. The van der Waals surface area contributed by atoms with Crippen LogP contribution in [-0.2, 0) is 11.2 Å². The van der Waals surface area contributed by atoms with Crippen molar-refractivity contribution in [1.82, 2.24) is 9.55 Å². The third-order valence-corrected chi connectivity index (χ3v) is 2.06. The van der Waals surface area contributed by atoms with Gasteiger partial charge >= 0.3 is 6.09 Å². The van der Waals surface area contributed by atoms with Gasteiger partial charge in [-0.1, -0.05) is 0 Å². The predicted molar refractivity (Wildman–Crippen MR) is 63.9 cm³/mol. The first-order chi connectivity index (χ1) is 7.78. The van der Waals surface area contributed by atoms with Crippen molar-refractivity contribution in [3.8, 4) is 0 Å². The molecule has 0 radical (unpaired) electrons. The molecule has 17 heavy (non-hydrogen) atoms. The van der Waals surface area contributed by atoms with Gasteiger partial charge in [-0.05, 0) is 40.5 Å². The van der Waals surface area contributed by atoms with E-state index in [1.54, 1.807) is 13.1 Å². The molecule has 1 N–H and O–H groups in total. The van der Waals surface area contributed by atoms with Crippen LogP contribution in [0.4, 0.5) is 4.79 Å². The highest BCUT2D eigenvalue weighted by Crippen LogP contribution is 2.10. The lowest BCUT2D eigenvalue weighted by atomic mass is 10.2.